The fraction of sp³-hybridized carbons (Fsp3) is 0.480. The van der Waals surface area contributed by atoms with Crippen LogP contribution in [0.25, 0.3) is 0 Å². The molecule has 2 aromatic carbocycles. The highest BCUT2D eigenvalue weighted by Gasteiger charge is 2.42. The third-order valence-electron chi connectivity index (χ3n) is 6.72. The van der Waals surface area contributed by atoms with Crippen molar-refractivity contribution in [3.63, 3.8) is 0 Å². The SMILES string of the molecule is CN(C)c1ccc(NC(=O)NC2(CN3CCCC3Cc3ccc(F)cc3)CCC2)cc1. The molecule has 166 valence electrons. The number of carbonyl (C=O) groups is 1. The normalized spacial score (nSPS) is 20.2. The van der Waals surface area contributed by atoms with Gasteiger partial charge in [0, 0.05) is 38.1 Å². The van der Waals surface area contributed by atoms with Gasteiger partial charge in [0.2, 0.25) is 0 Å². The molecule has 0 bridgehead atoms. The van der Waals surface area contributed by atoms with Gasteiger partial charge in [0.25, 0.3) is 0 Å². The third-order valence-corrected chi connectivity index (χ3v) is 6.72. The summed E-state index contributed by atoms with van der Waals surface area (Å²) < 4.78 is 13.2. The van der Waals surface area contributed by atoms with Crippen molar-refractivity contribution in [1.82, 2.24) is 10.2 Å². The first-order chi connectivity index (χ1) is 14.9. The summed E-state index contributed by atoms with van der Waals surface area (Å²) in [7, 11) is 3.99. The molecule has 1 aliphatic carbocycles. The molecule has 4 rings (SSSR count). The molecule has 1 saturated heterocycles. The van der Waals surface area contributed by atoms with Crippen LogP contribution >= 0.6 is 0 Å². The van der Waals surface area contributed by atoms with Crippen molar-refractivity contribution in [2.75, 3.05) is 37.4 Å². The van der Waals surface area contributed by atoms with Crippen molar-refractivity contribution in [3.05, 3.63) is 59.9 Å². The highest BCUT2D eigenvalue weighted by molar-refractivity contribution is 5.90. The van der Waals surface area contributed by atoms with Crippen LogP contribution < -0.4 is 15.5 Å². The highest BCUT2D eigenvalue weighted by atomic mass is 19.1. The average molecular weight is 425 g/mol. The number of likely N-dealkylation sites (tertiary alicyclic amines) is 1. The molecule has 2 fully saturated rings. The minimum atomic E-state index is -0.188. The molecule has 1 heterocycles. The second kappa shape index (κ2) is 9.27. The van der Waals surface area contributed by atoms with Crippen LogP contribution in [0.5, 0.6) is 0 Å². The number of nitrogens with zero attached hydrogens (tertiary/aromatic N) is 2. The minimum Gasteiger partial charge on any atom is -0.378 e. The topological polar surface area (TPSA) is 47.6 Å². The highest BCUT2D eigenvalue weighted by Crippen LogP contribution is 2.35. The van der Waals surface area contributed by atoms with Crippen LogP contribution in [0, 0.1) is 5.82 Å². The molecule has 1 saturated carbocycles. The molecule has 2 aromatic rings. The van der Waals surface area contributed by atoms with Crippen LogP contribution in [0.1, 0.15) is 37.7 Å². The van der Waals surface area contributed by atoms with Crippen molar-refractivity contribution in [3.8, 4) is 0 Å². The molecule has 2 N–H and O–H groups in total. The molecule has 0 spiro atoms. The van der Waals surface area contributed by atoms with E-state index in [2.05, 4.69) is 15.5 Å². The zero-order valence-corrected chi connectivity index (χ0v) is 18.5. The van der Waals surface area contributed by atoms with E-state index >= 15 is 0 Å². The summed E-state index contributed by atoms with van der Waals surface area (Å²) in [5.74, 6) is -0.188. The Hall–Kier alpha value is -2.60. The lowest BCUT2D eigenvalue weighted by atomic mass is 9.76. The number of amides is 2. The summed E-state index contributed by atoms with van der Waals surface area (Å²) in [4.78, 5) is 17.3. The van der Waals surface area contributed by atoms with E-state index in [-0.39, 0.29) is 17.4 Å². The maximum Gasteiger partial charge on any atom is 0.319 e. The van der Waals surface area contributed by atoms with Crippen molar-refractivity contribution in [2.24, 2.45) is 0 Å². The van der Waals surface area contributed by atoms with E-state index in [0.29, 0.717) is 6.04 Å². The van der Waals surface area contributed by atoms with Crippen LogP contribution in [0.4, 0.5) is 20.6 Å². The molecule has 2 aliphatic rings. The van der Waals surface area contributed by atoms with Crippen LogP contribution in [-0.4, -0.2) is 49.7 Å². The summed E-state index contributed by atoms with van der Waals surface area (Å²) in [6, 6.07) is 15.0. The van der Waals surface area contributed by atoms with Crippen molar-refractivity contribution in [1.29, 1.82) is 0 Å². The minimum absolute atomic E-state index is 0.133. The number of urea groups is 1. The number of nitrogens with one attached hydrogen (secondary N) is 2. The summed E-state index contributed by atoms with van der Waals surface area (Å²) in [5, 5.41) is 6.27. The average Bonchev–Trinajstić information content (AvgIpc) is 3.14. The van der Waals surface area contributed by atoms with Gasteiger partial charge in [-0.1, -0.05) is 12.1 Å². The molecule has 2 amide bonds. The molecular weight excluding hydrogens is 391 g/mol. The van der Waals surface area contributed by atoms with E-state index in [9.17, 15) is 9.18 Å². The van der Waals surface area contributed by atoms with E-state index < -0.39 is 0 Å². The summed E-state index contributed by atoms with van der Waals surface area (Å²) >= 11 is 0. The Kier molecular flexibility index (Phi) is 6.46. The van der Waals surface area contributed by atoms with Gasteiger partial charge in [0.15, 0.2) is 0 Å². The molecule has 1 atom stereocenters. The Morgan fingerprint density at radius 1 is 1.10 bits per heavy atom. The molecule has 0 aromatic heterocycles. The number of hydrogen-bond donors (Lipinski definition) is 2. The van der Waals surface area contributed by atoms with Gasteiger partial charge < -0.3 is 15.5 Å². The Labute approximate surface area is 184 Å². The van der Waals surface area contributed by atoms with E-state index in [1.54, 1.807) is 12.1 Å². The monoisotopic (exact) mass is 424 g/mol. The van der Waals surface area contributed by atoms with Crippen molar-refractivity contribution in [2.45, 2.75) is 50.1 Å². The van der Waals surface area contributed by atoms with Crippen molar-refractivity contribution >= 4 is 17.4 Å². The third kappa shape index (κ3) is 5.37. The Balaban J connectivity index is 1.34. The summed E-state index contributed by atoms with van der Waals surface area (Å²) in [5.41, 5.74) is 2.92. The first kappa shape index (κ1) is 21.6. The molecule has 31 heavy (non-hydrogen) atoms. The molecule has 5 nitrogen and oxygen atoms in total. The van der Waals surface area contributed by atoms with Crippen LogP contribution in [0.15, 0.2) is 48.5 Å². The van der Waals surface area contributed by atoms with E-state index in [1.165, 1.54) is 12.0 Å². The summed E-state index contributed by atoms with van der Waals surface area (Å²) in [6.07, 6.45) is 6.43. The number of halogens is 1. The summed E-state index contributed by atoms with van der Waals surface area (Å²) in [6.45, 7) is 1.94. The smallest absolute Gasteiger partial charge is 0.319 e. The number of rotatable bonds is 7. The number of anilines is 2. The first-order valence-corrected chi connectivity index (χ1v) is 11.3. The number of hydrogen-bond acceptors (Lipinski definition) is 3. The second-order valence-electron chi connectivity index (χ2n) is 9.25. The second-order valence-corrected chi connectivity index (χ2v) is 9.25. The maximum absolute atomic E-state index is 13.2. The van der Waals surface area contributed by atoms with Gasteiger partial charge in [-0.15, -0.1) is 0 Å². The fourth-order valence-electron chi connectivity index (χ4n) is 4.79. The lowest BCUT2D eigenvalue weighted by molar-refractivity contribution is 0.109. The lowest BCUT2D eigenvalue weighted by Gasteiger charge is -2.46. The van der Waals surface area contributed by atoms with Gasteiger partial charge in [-0.05, 0) is 87.0 Å². The van der Waals surface area contributed by atoms with Crippen LogP contribution in [0.3, 0.4) is 0 Å². The van der Waals surface area contributed by atoms with Gasteiger partial charge in [-0.3, -0.25) is 4.90 Å². The molecular formula is C25H33FN4O. The van der Waals surface area contributed by atoms with Crippen LogP contribution in [0.2, 0.25) is 0 Å². The van der Waals surface area contributed by atoms with Gasteiger partial charge in [0.05, 0.1) is 5.54 Å². The van der Waals surface area contributed by atoms with Gasteiger partial charge in [0.1, 0.15) is 5.82 Å². The fourth-order valence-corrected chi connectivity index (χ4v) is 4.79. The largest absolute Gasteiger partial charge is 0.378 e. The van der Waals surface area contributed by atoms with E-state index in [4.69, 9.17) is 0 Å². The van der Waals surface area contributed by atoms with Crippen LogP contribution in [-0.2, 0) is 6.42 Å². The number of benzene rings is 2. The van der Waals surface area contributed by atoms with Gasteiger partial charge in [-0.2, -0.15) is 0 Å². The predicted octanol–water partition coefficient (Wildman–Crippen LogP) is 4.64. The molecule has 1 aliphatic heterocycles. The van der Waals surface area contributed by atoms with E-state index in [0.717, 1.165) is 56.6 Å². The maximum atomic E-state index is 13.2. The Morgan fingerprint density at radius 3 is 2.42 bits per heavy atom. The van der Waals surface area contributed by atoms with Crippen molar-refractivity contribution < 1.29 is 9.18 Å². The quantitative estimate of drug-likeness (QED) is 0.681. The first-order valence-electron chi connectivity index (χ1n) is 11.3. The molecule has 6 heteroatoms. The zero-order valence-electron chi connectivity index (χ0n) is 18.5. The molecule has 0 radical (unpaired) electrons. The Bertz CT molecular complexity index is 877. The standard InChI is InChI=1S/C25H33FN4O/c1-29(2)22-12-10-21(11-13-22)27-24(31)28-25(14-4-15-25)18-30-16-3-5-23(30)17-19-6-8-20(26)9-7-19/h6-13,23H,3-5,14-18H2,1-2H3,(H2,27,28,31). The predicted molar refractivity (Wildman–Crippen MR) is 124 cm³/mol. The van der Waals surface area contributed by atoms with Gasteiger partial charge in [-0.25, -0.2) is 9.18 Å². The number of carbonyl (C=O) groups excluding carboxylic acids is 1. The molecule has 1 unspecified atom stereocenters. The van der Waals surface area contributed by atoms with Gasteiger partial charge >= 0.3 is 6.03 Å². The Morgan fingerprint density at radius 2 is 1.81 bits per heavy atom. The van der Waals surface area contributed by atoms with E-state index in [1.807, 2.05) is 55.4 Å². The lowest BCUT2D eigenvalue weighted by Crippen LogP contribution is -2.61. The zero-order chi connectivity index (χ0) is 21.8.